The predicted octanol–water partition coefficient (Wildman–Crippen LogP) is 4.29. The molecule has 2 aromatic rings. The highest BCUT2D eigenvalue weighted by atomic mass is 16.5. The van der Waals surface area contributed by atoms with E-state index in [2.05, 4.69) is 46.6 Å². The number of ether oxygens (including phenoxy) is 1. The SMILES string of the molecule is COc1ccc(CNc2ccc(CN3CCCCC3)cc2)cc1. The van der Waals surface area contributed by atoms with Gasteiger partial charge in [-0.3, -0.25) is 4.90 Å². The van der Waals surface area contributed by atoms with E-state index in [1.165, 1.54) is 49.2 Å². The lowest BCUT2D eigenvalue weighted by molar-refractivity contribution is 0.221. The average molecular weight is 310 g/mol. The number of methoxy groups -OCH3 is 1. The van der Waals surface area contributed by atoms with Crippen molar-refractivity contribution in [2.75, 3.05) is 25.5 Å². The number of benzene rings is 2. The van der Waals surface area contributed by atoms with Gasteiger partial charge < -0.3 is 10.1 Å². The molecule has 1 aliphatic heterocycles. The molecule has 3 heteroatoms. The molecule has 0 amide bonds. The van der Waals surface area contributed by atoms with E-state index in [0.29, 0.717) is 0 Å². The molecule has 3 rings (SSSR count). The zero-order valence-corrected chi connectivity index (χ0v) is 13.9. The van der Waals surface area contributed by atoms with E-state index < -0.39 is 0 Å². The molecule has 0 aromatic heterocycles. The van der Waals surface area contributed by atoms with Crippen LogP contribution in [0.15, 0.2) is 48.5 Å². The van der Waals surface area contributed by atoms with Crippen LogP contribution in [0.3, 0.4) is 0 Å². The van der Waals surface area contributed by atoms with Crippen molar-refractivity contribution < 1.29 is 4.74 Å². The minimum absolute atomic E-state index is 0.829. The number of rotatable bonds is 6. The van der Waals surface area contributed by atoms with E-state index >= 15 is 0 Å². The zero-order valence-electron chi connectivity index (χ0n) is 13.9. The van der Waals surface area contributed by atoms with E-state index in [1.807, 2.05) is 12.1 Å². The molecule has 0 unspecified atom stereocenters. The summed E-state index contributed by atoms with van der Waals surface area (Å²) in [5.74, 6) is 0.899. The summed E-state index contributed by atoms with van der Waals surface area (Å²) in [6.45, 7) is 4.41. The van der Waals surface area contributed by atoms with E-state index in [-0.39, 0.29) is 0 Å². The second-order valence-electron chi connectivity index (χ2n) is 6.24. The smallest absolute Gasteiger partial charge is 0.118 e. The number of nitrogens with zero attached hydrogens (tertiary/aromatic N) is 1. The summed E-state index contributed by atoms with van der Waals surface area (Å²) in [5, 5.41) is 3.47. The molecule has 122 valence electrons. The molecule has 1 heterocycles. The number of nitrogens with one attached hydrogen (secondary N) is 1. The Labute approximate surface area is 139 Å². The van der Waals surface area contributed by atoms with Gasteiger partial charge in [-0.15, -0.1) is 0 Å². The van der Waals surface area contributed by atoms with Gasteiger partial charge in [-0.05, 0) is 61.3 Å². The van der Waals surface area contributed by atoms with Gasteiger partial charge in [-0.25, -0.2) is 0 Å². The summed E-state index contributed by atoms with van der Waals surface area (Å²) in [7, 11) is 1.69. The molecule has 2 aromatic carbocycles. The van der Waals surface area contributed by atoms with Crippen molar-refractivity contribution in [1.29, 1.82) is 0 Å². The van der Waals surface area contributed by atoms with Gasteiger partial charge in [0.05, 0.1) is 7.11 Å². The molecular weight excluding hydrogens is 284 g/mol. The second-order valence-corrected chi connectivity index (χ2v) is 6.24. The molecule has 0 bridgehead atoms. The topological polar surface area (TPSA) is 24.5 Å². The van der Waals surface area contributed by atoms with Crippen LogP contribution in [0.5, 0.6) is 5.75 Å². The fourth-order valence-electron chi connectivity index (χ4n) is 3.05. The predicted molar refractivity (Wildman–Crippen MR) is 95.9 cm³/mol. The summed E-state index contributed by atoms with van der Waals surface area (Å²) in [4.78, 5) is 2.56. The molecule has 1 aliphatic rings. The summed E-state index contributed by atoms with van der Waals surface area (Å²) in [5.41, 5.74) is 3.83. The van der Waals surface area contributed by atoms with E-state index in [4.69, 9.17) is 4.74 Å². The van der Waals surface area contributed by atoms with Gasteiger partial charge in [-0.2, -0.15) is 0 Å². The first-order valence-corrected chi connectivity index (χ1v) is 8.51. The molecular formula is C20H26N2O. The molecule has 0 atom stereocenters. The van der Waals surface area contributed by atoms with Crippen LogP contribution in [-0.2, 0) is 13.1 Å². The largest absolute Gasteiger partial charge is 0.497 e. The summed E-state index contributed by atoms with van der Waals surface area (Å²) in [6.07, 6.45) is 4.09. The Bertz CT molecular complexity index is 586. The zero-order chi connectivity index (χ0) is 15.9. The number of hydrogen-bond acceptors (Lipinski definition) is 3. The highest BCUT2D eigenvalue weighted by Crippen LogP contribution is 2.17. The Hall–Kier alpha value is -2.00. The average Bonchev–Trinajstić information content (AvgIpc) is 2.62. The minimum atomic E-state index is 0.829. The van der Waals surface area contributed by atoms with Gasteiger partial charge in [-0.1, -0.05) is 30.7 Å². The van der Waals surface area contributed by atoms with Crippen LogP contribution in [0, 0.1) is 0 Å². The monoisotopic (exact) mass is 310 g/mol. The molecule has 0 radical (unpaired) electrons. The molecule has 0 aliphatic carbocycles. The summed E-state index contributed by atoms with van der Waals surface area (Å²) >= 11 is 0. The van der Waals surface area contributed by atoms with Crippen LogP contribution in [0.2, 0.25) is 0 Å². The van der Waals surface area contributed by atoms with Crippen molar-refractivity contribution in [2.24, 2.45) is 0 Å². The van der Waals surface area contributed by atoms with Crippen LogP contribution in [0.1, 0.15) is 30.4 Å². The molecule has 1 fully saturated rings. The number of anilines is 1. The second kappa shape index (κ2) is 8.02. The van der Waals surface area contributed by atoms with Gasteiger partial charge >= 0.3 is 0 Å². The number of piperidine rings is 1. The van der Waals surface area contributed by atoms with Gasteiger partial charge in [0.2, 0.25) is 0 Å². The van der Waals surface area contributed by atoms with Crippen LogP contribution < -0.4 is 10.1 Å². The van der Waals surface area contributed by atoms with Crippen molar-refractivity contribution >= 4 is 5.69 Å². The van der Waals surface area contributed by atoms with E-state index in [9.17, 15) is 0 Å². The van der Waals surface area contributed by atoms with Crippen molar-refractivity contribution in [2.45, 2.75) is 32.4 Å². The third-order valence-corrected chi connectivity index (χ3v) is 4.46. The van der Waals surface area contributed by atoms with Crippen LogP contribution in [-0.4, -0.2) is 25.1 Å². The van der Waals surface area contributed by atoms with Crippen molar-refractivity contribution in [3.8, 4) is 5.75 Å². The van der Waals surface area contributed by atoms with Gasteiger partial charge in [0, 0.05) is 18.8 Å². The van der Waals surface area contributed by atoms with Gasteiger partial charge in [0.1, 0.15) is 5.75 Å². The molecule has 3 nitrogen and oxygen atoms in total. The number of hydrogen-bond donors (Lipinski definition) is 1. The van der Waals surface area contributed by atoms with Crippen LogP contribution in [0.25, 0.3) is 0 Å². The molecule has 1 N–H and O–H groups in total. The Balaban J connectivity index is 1.50. The normalized spacial score (nSPS) is 15.3. The fourth-order valence-corrected chi connectivity index (χ4v) is 3.05. The lowest BCUT2D eigenvalue weighted by Crippen LogP contribution is -2.29. The van der Waals surface area contributed by atoms with Gasteiger partial charge in [0.15, 0.2) is 0 Å². The highest BCUT2D eigenvalue weighted by molar-refractivity contribution is 5.45. The molecule has 23 heavy (non-hydrogen) atoms. The third-order valence-electron chi connectivity index (χ3n) is 4.46. The van der Waals surface area contributed by atoms with E-state index in [1.54, 1.807) is 7.11 Å². The lowest BCUT2D eigenvalue weighted by atomic mass is 10.1. The Morgan fingerprint density at radius 2 is 1.52 bits per heavy atom. The van der Waals surface area contributed by atoms with E-state index in [0.717, 1.165) is 18.8 Å². The van der Waals surface area contributed by atoms with Gasteiger partial charge in [0.25, 0.3) is 0 Å². The minimum Gasteiger partial charge on any atom is -0.497 e. The van der Waals surface area contributed by atoms with Crippen LogP contribution >= 0.6 is 0 Å². The maximum absolute atomic E-state index is 5.18. The summed E-state index contributed by atoms with van der Waals surface area (Å²) in [6, 6.07) is 17.0. The first-order valence-electron chi connectivity index (χ1n) is 8.51. The molecule has 1 saturated heterocycles. The standard InChI is InChI=1S/C20H26N2O/c1-23-20-11-7-17(8-12-20)15-21-19-9-5-18(6-10-19)16-22-13-3-2-4-14-22/h5-12,21H,2-4,13-16H2,1H3. The Morgan fingerprint density at radius 1 is 0.870 bits per heavy atom. The first-order chi connectivity index (χ1) is 11.3. The molecule has 0 saturated carbocycles. The van der Waals surface area contributed by atoms with Crippen LogP contribution in [0.4, 0.5) is 5.69 Å². The summed E-state index contributed by atoms with van der Waals surface area (Å²) < 4.78 is 5.18. The number of likely N-dealkylation sites (tertiary alicyclic amines) is 1. The maximum atomic E-state index is 5.18. The first kappa shape index (κ1) is 15.9. The van der Waals surface area contributed by atoms with Crippen molar-refractivity contribution in [3.05, 3.63) is 59.7 Å². The third kappa shape index (κ3) is 4.73. The quantitative estimate of drug-likeness (QED) is 0.861. The Kier molecular flexibility index (Phi) is 5.54. The highest BCUT2D eigenvalue weighted by Gasteiger charge is 2.10. The fraction of sp³-hybridized carbons (Fsp3) is 0.400. The molecule has 0 spiro atoms. The van der Waals surface area contributed by atoms with Crippen molar-refractivity contribution in [1.82, 2.24) is 4.90 Å². The maximum Gasteiger partial charge on any atom is 0.118 e. The van der Waals surface area contributed by atoms with Crippen molar-refractivity contribution in [3.63, 3.8) is 0 Å². The Morgan fingerprint density at radius 3 is 2.17 bits per heavy atom. The lowest BCUT2D eigenvalue weighted by Gasteiger charge is -2.26.